The van der Waals surface area contributed by atoms with E-state index in [1.807, 2.05) is 31.2 Å². The Morgan fingerprint density at radius 3 is 2.67 bits per heavy atom. The molecule has 2 N–H and O–H groups in total. The Kier molecular flexibility index (Phi) is 7.38. The summed E-state index contributed by atoms with van der Waals surface area (Å²) in [6, 6.07) is 13.3. The summed E-state index contributed by atoms with van der Waals surface area (Å²) in [6.45, 7) is 9.61. The third-order valence-electron chi connectivity index (χ3n) is 7.68. The first kappa shape index (κ1) is 25.9. The third kappa shape index (κ3) is 5.38. The van der Waals surface area contributed by atoms with E-state index in [0.29, 0.717) is 0 Å². The highest BCUT2D eigenvalue weighted by atomic mass is 19.1. The van der Waals surface area contributed by atoms with Crippen LogP contribution >= 0.6 is 0 Å². The normalized spacial score (nSPS) is 14.9. The van der Waals surface area contributed by atoms with Crippen molar-refractivity contribution in [2.75, 3.05) is 19.6 Å². The van der Waals surface area contributed by atoms with Crippen molar-refractivity contribution in [3.8, 4) is 22.6 Å². The zero-order valence-corrected chi connectivity index (χ0v) is 22.8. The third-order valence-corrected chi connectivity index (χ3v) is 7.68. The number of rotatable bonds is 8. The number of aryl methyl sites for hydroxylation is 1. The van der Waals surface area contributed by atoms with Crippen molar-refractivity contribution >= 4 is 29.1 Å². The van der Waals surface area contributed by atoms with Gasteiger partial charge >= 0.3 is 0 Å². The second-order valence-electron chi connectivity index (χ2n) is 10.4. The Labute approximate surface area is 233 Å². The molecule has 0 aliphatic carbocycles. The van der Waals surface area contributed by atoms with Crippen LogP contribution in [-0.2, 0) is 6.42 Å². The first-order chi connectivity index (χ1) is 19.6. The van der Waals surface area contributed by atoms with E-state index < -0.39 is 0 Å². The lowest BCUT2D eigenvalue weighted by Crippen LogP contribution is -2.22. The zero-order chi connectivity index (χ0) is 27.5. The van der Waals surface area contributed by atoms with Gasteiger partial charge in [-0.15, -0.1) is 0 Å². The van der Waals surface area contributed by atoms with Crippen LogP contribution in [0.1, 0.15) is 37.3 Å². The minimum atomic E-state index is -0.232. The van der Waals surface area contributed by atoms with Gasteiger partial charge in [0.15, 0.2) is 0 Å². The molecule has 1 saturated heterocycles. The summed E-state index contributed by atoms with van der Waals surface area (Å²) in [5, 5.41) is 10.2. The van der Waals surface area contributed by atoms with Crippen LogP contribution in [0.5, 0.6) is 0 Å². The standard InChI is InChI=1S/C33H33FN6/c1-3-24(25-8-11-35-12-9-25)20-28-22(2)38-39-33(28)31-21-29-30(37-31)10-13-36-32(29)26-17-23(18-27(34)19-26)7-6-16-40-14-4-5-15-40/h3,8-13,17-21,37-38H,2,4-7,14-16H2,1H3/b24-3+,28-20+. The van der Waals surface area contributed by atoms with Gasteiger partial charge in [-0.05, 0) is 117 Å². The molecule has 5 heterocycles. The van der Waals surface area contributed by atoms with E-state index >= 15 is 0 Å². The second-order valence-corrected chi connectivity index (χ2v) is 10.4. The molecule has 7 heteroatoms. The minimum absolute atomic E-state index is 0.232. The van der Waals surface area contributed by atoms with E-state index in [4.69, 9.17) is 0 Å². The van der Waals surface area contributed by atoms with Crippen LogP contribution in [0.15, 0.2) is 67.1 Å². The molecule has 6 rings (SSSR count). The number of H-pyrrole nitrogens is 2. The van der Waals surface area contributed by atoms with Gasteiger partial charge in [0, 0.05) is 40.3 Å². The predicted molar refractivity (Wildman–Crippen MR) is 160 cm³/mol. The molecule has 5 aromatic rings. The fraction of sp³-hybridized carbons (Fsp3) is 0.242. The van der Waals surface area contributed by atoms with E-state index in [2.05, 4.69) is 54.8 Å². The molecule has 1 aliphatic heterocycles. The maximum Gasteiger partial charge on any atom is 0.124 e. The number of pyridine rings is 2. The number of halogens is 1. The van der Waals surface area contributed by atoms with Crippen molar-refractivity contribution in [2.45, 2.75) is 32.6 Å². The highest BCUT2D eigenvalue weighted by Gasteiger charge is 2.15. The van der Waals surface area contributed by atoms with E-state index in [1.54, 1.807) is 30.7 Å². The van der Waals surface area contributed by atoms with Crippen molar-refractivity contribution in [2.24, 2.45) is 0 Å². The van der Waals surface area contributed by atoms with Crippen molar-refractivity contribution in [1.82, 2.24) is 30.0 Å². The Morgan fingerprint density at radius 2 is 1.88 bits per heavy atom. The smallest absolute Gasteiger partial charge is 0.124 e. The maximum absolute atomic E-state index is 14.8. The topological polar surface area (TPSA) is 73.5 Å². The molecular weight excluding hydrogens is 499 g/mol. The first-order valence-electron chi connectivity index (χ1n) is 13.9. The molecule has 0 spiro atoms. The van der Waals surface area contributed by atoms with E-state index in [-0.39, 0.29) is 5.82 Å². The van der Waals surface area contributed by atoms with Crippen LogP contribution in [0, 0.1) is 5.82 Å². The number of likely N-dealkylation sites (tertiary alicyclic amines) is 1. The summed E-state index contributed by atoms with van der Waals surface area (Å²) in [5.41, 5.74) is 7.18. The molecule has 4 aromatic heterocycles. The van der Waals surface area contributed by atoms with Gasteiger partial charge in [-0.3, -0.25) is 15.1 Å². The lowest BCUT2D eigenvalue weighted by molar-refractivity contribution is 0.334. The number of allylic oxidation sites excluding steroid dienone is 2. The average Bonchev–Trinajstić information content (AvgIpc) is 3.72. The van der Waals surface area contributed by atoms with Gasteiger partial charge in [0.25, 0.3) is 0 Å². The summed E-state index contributed by atoms with van der Waals surface area (Å²) >= 11 is 0. The SMILES string of the molecule is C=c1[nH]nc(-c2cc3c(-c4cc(F)cc(CCCN5CCCC5)c4)nccc3[nH]2)/c1=C/C(=C\C)c1ccncc1. The lowest BCUT2D eigenvalue weighted by Gasteiger charge is -2.14. The van der Waals surface area contributed by atoms with Gasteiger partial charge < -0.3 is 9.88 Å². The Bertz CT molecular complexity index is 1780. The summed E-state index contributed by atoms with van der Waals surface area (Å²) in [4.78, 5) is 14.8. The van der Waals surface area contributed by atoms with E-state index in [1.165, 1.54) is 25.9 Å². The maximum atomic E-state index is 14.8. The average molecular weight is 533 g/mol. The number of nitrogens with one attached hydrogen (secondary N) is 2. The fourth-order valence-corrected chi connectivity index (χ4v) is 5.64. The molecule has 0 unspecified atom stereocenters. The summed E-state index contributed by atoms with van der Waals surface area (Å²) in [5.74, 6) is -0.232. The van der Waals surface area contributed by atoms with Crippen LogP contribution in [0.4, 0.5) is 4.39 Å². The van der Waals surface area contributed by atoms with E-state index in [9.17, 15) is 4.39 Å². The zero-order valence-electron chi connectivity index (χ0n) is 22.8. The van der Waals surface area contributed by atoms with Crippen molar-refractivity contribution in [3.05, 3.63) is 94.6 Å². The van der Waals surface area contributed by atoms with Crippen LogP contribution in [0.3, 0.4) is 0 Å². The molecular formula is C33H33FN6. The summed E-state index contributed by atoms with van der Waals surface area (Å²) in [6.07, 6.45) is 13.9. The van der Waals surface area contributed by atoms with Crippen molar-refractivity contribution in [3.63, 3.8) is 0 Å². The Morgan fingerprint density at radius 1 is 1.05 bits per heavy atom. The monoisotopic (exact) mass is 532 g/mol. The van der Waals surface area contributed by atoms with Gasteiger partial charge in [-0.1, -0.05) is 12.7 Å². The van der Waals surface area contributed by atoms with Crippen LogP contribution in [0.2, 0.25) is 0 Å². The van der Waals surface area contributed by atoms with Gasteiger partial charge in [-0.2, -0.15) is 5.10 Å². The predicted octanol–water partition coefficient (Wildman–Crippen LogP) is 5.48. The number of fused-ring (bicyclic) bond motifs is 1. The molecule has 40 heavy (non-hydrogen) atoms. The van der Waals surface area contributed by atoms with Gasteiger partial charge in [0.05, 0.1) is 16.7 Å². The van der Waals surface area contributed by atoms with Crippen LogP contribution in [-0.4, -0.2) is 49.7 Å². The van der Waals surface area contributed by atoms with E-state index in [0.717, 1.165) is 80.2 Å². The quantitative estimate of drug-likeness (QED) is 0.278. The fourth-order valence-electron chi connectivity index (χ4n) is 5.64. The minimum Gasteiger partial charge on any atom is -0.353 e. The number of benzene rings is 1. The number of hydrogen-bond acceptors (Lipinski definition) is 4. The second kappa shape index (κ2) is 11.4. The molecule has 1 aromatic carbocycles. The summed E-state index contributed by atoms with van der Waals surface area (Å²) in [7, 11) is 0. The van der Waals surface area contributed by atoms with Crippen molar-refractivity contribution in [1.29, 1.82) is 0 Å². The molecule has 0 radical (unpaired) electrons. The lowest BCUT2D eigenvalue weighted by atomic mass is 10.0. The first-order valence-corrected chi connectivity index (χ1v) is 13.9. The molecule has 6 nitrogen and oxygen atoms in total. The highest BCUT2D eigenvalue weighted by Crippen LogP contribution is 2.31. The number of hydrogen-bond donors (Lipinski definition) is 2. The molecule has 0 bridgehead atoms. The molecule has 0 atom stereocenters. The largest absolute Gasteiger partial charge is 0.353 e. The van der Waals surface area contributed by atoms with Crippen LogP contribution in [0.25, 0.3) is 51.8 Å². The Hall–Kier alpha value is -4.36. The molecule has 202 valence electrons. The molecule has 0 saturated carbocycles. The number of aromatic nitrogens is 5. The van der Waals surface area contributed by atoms with Gasteiger partial charge in [0.1, 0.15) is 11.5 Å². The van der Waals surface area contributed by atoms with Crippen LogP contribution < -0.4 is 10.6 Å². The highest BCUT2D eigenvalue weighted by molar-refractivity contribution is 5.96. The Balaban J connectivity index is 1.35. The summed E-state index contributed by atoms with van der Waals surface area (Å²) < 4.78 is 14.8. The number of nitrogens with zero attached hydrogens (tertiary/aromatic N) is 4. The molecule has 1 fully saturated rings. The van der Waals surface area contributed by atoms with Gasteiger partial charge in [0.2, 0.25) is 0 Å². The van der Waals surface area contributed by atoms with Gasteiger partial charge in [-0.25, -0.2) is 4.39 Å². The number of aromatic amines is 2. The molecule has 0 amide bonds. The molecule has 1 aliphatic rings. The van der Waals surface area contributed by atoms with Crippen molar-refractivity contribution < 1.29 is 4.39 Å².